The highest BCUT2D eigenvalue weighted by Gasteiger charge is 2.25. The van der Waals surface area contributed by atoms with E-state index in [1.54, 1.807) is 12.3 Å². The van der Waals surface area contributed by atoms with Crippen LogP contribution in [0.25, 0.3) is 0 Å². The summed E-state index contributed by atoms with van der Waals surface area (Å²) in [4.78, 5) is 17.4. The molecule has 2 heterocycles. The summed E-state index contributed by atoms with van der Waals surface area (Å²) in [7, 11) is 0. The zero-order chi connectivity index (χ0) is 11.5. The van der Waals surface area contributed by atoms with E-state index in [1.807, 2.05) is 11.0 Å². The molecule has 1 aliphatic heterocycles. The van der Waals surface area contributed by atoms with Crippen LogP contribution in [0.2, 0.25) is 0 Å². The molecule has 5 nitrogen and oxygen atoms in total. The summed E-state index contributed by atoms with van der Waals surface area (Å²) in [5.41, 5.74) is 0. The number of nitrogens with zero attached hydrogens (tertiary/aromatic N) is 2. The lowest BCUT2D eigenvalue weighted by atomic mass is 10.2. The molecule has 6 heteroatoms. The fraction of sp³-hybridized carbons (Fsp3) is 0.400. The molecule has 86 valence electrons. The van der Waals surface area contributed by atoms with Gasteiger partial charge >= 0.3 is 0 Å². The quantitative estimate of drug-likeness (QED) is 0.847. The van der Waals surface area contributed by atoms with Crippen molar-refractivity contribution < 1.29 is 9.90 Å². The number of aliphatic hydroxyl groups excluding tert-OH is 1. The average Bonchev–Trinajstić information content (AvgIpc) is 2.19. The van der Waals surface area contributed by atoms with Crippen molar-refractivity contribution in [2.24, 2.45) is 0 Å². The standard InChI is InChI=1S/C10H12BrN3O2/c11-7-1-2-9(12-3-7)13-10(16)6-14-4-8(15)5-14/h1-3,8,15H,4-6H2,(H,12,13,16). The molecule has 1 aromatic rings. The molecule has 2 N–H and O–H groups in total. The third kappa shape index (κ3) is 3.01. The van der Waals surface area contributed by atoms with Gasteiger partial charge in [-0.1, -0.05) is 0 Å². The Morgan fingerprint density at radius 2 is 2.38 bits per heavy atom. The second-order valence-electron chi connectivity index (χ2n) is 3.76. The van der Waals surface area contributed by atoms with Crippen molar-refractivity contribution in [3.8, 4) is 0 Å². The molecule has 16 heavy (non-hydrogen) atoms. The van der Waals surface area contributed by atoms with Crippen molar-refractivity contribution in [1.82, 2.24) is 9.88 Å². The highest BCUT2D eigenvalue weighted by atomic mass is 79.9. The first-order valence-corrected chi connectivity index (χ1v) is 5.74. The fourth-order valence-electron chi connectivity index (χ4n) is 1.51. The minimum absolute atomic E-state index is 0.110. The highest BCUT2D eigenvalue weighted by Crippen LogP contribution is 2.11. The predicted octanol–water partition coefficient (Wildman–Crippen LogP) is 0.459. The van der Waals surface area contributed by atoms with E-state index in [0.29, 0.717) is 25.5 Å². The first-order chi connectivity index (χ1) is 7.63. The zero-order valence-electron chi connectivity index (χ0n) is 8.56. The molecule has 2 rings (SSSR count). The second-order valence-corrected chi connectivity index (χ2v) is 4.67. The van der Waals surface area contributed by atoms with Gasteiger partial charge in [-0.15, -0.1) is 0 Å². The summed E-state index contributed by atoms with van der Waals surface area (Å²) in [5.74, 6) is 0.427. The number of amides is 1. The zero-order valence-corrected chi connectivity index (χ0v) is 10.1. The van der Waals surface area contributed by atoms with Gasteiger partial charge in [-0.05, 0) is 28.1 Å². The molecule has 1 amide bonds. The Labute approximate surface area is 102 Å². The lowest BCUT2D eigenvalue weighted by Crippen LogP contribution is -2.53. The topological polar surface area (TPSA) is 65.5 Å². The summed E-state index contributed by atoms with van der Waals surface area (Å²) in [6, 6.07) is 3.54. The Kier molecular flexibility index (Phi) is 3.52. The van der Waals surface area contributed by atoms with Crippen LogP contribution < -0.4 is 5.32 Å². The van der Waals surface area contributed by atoms with Gasteiger partial charge in [0.05, 0.1) is 12.6 Å². The van der Waals surface area contributed by atoms with E-state index in [-0.39, 0.29) is 12.0 Å². The smallest absolute Gasteiger partial charge is 0.239 e. The number of carbonyl (C=O) groups is 1. The molecule has 1 aliphatic rings. The number of carbonyl (C=O) groups excluding carboxylic acids is 1. The van der Waals surface area contributed by atoms with Crippen LogP contribution in [-0.4, -0.2) is 46.6 Å². The number of anilines is 1. The van der Waals surface area contributed by atoms with Crippen LogP contribution in [0.4, 0.5) is 5.82 Å². The number of hydrogen-bond donors (Lipinski definition) is 2. The average molecular weight is 286 g/mol. The number of aromatic nitrogens is 1. The second kappa shape index (κ2) is 4.90. The van der Waals surface area contributed by atoms with E-state index in [2.05, 4.69) is 26.2 Å². The molecule has 0 aliphatic carbocycles. The Hall–Kier alpha value is -0.980. The van der Waals surface area contributed by atoms with E-state index >= 15 is 0 Å². The lowest BCUT2D eigenvalue weighted by Gasteiger charge is -2.34. The van der Waals surface area contributed by atoms with Crippen LogP contribution in [-0.2, 0) is 4.79 Å². The van der Waals surface area contributed by atoms with Gasteiger partial charge in [-0.2, -0.15) is 0 Å². The Morgan fingerprint density at radius 1 is 1.62 bits per heavy atom. The number of nitrogens with one attached hydrogen (secondary N) is 1. The highest BCUT2D eigenvalue weighted by molar-refractivity contribution is 9.10. The molecule has 0 saturated carbocycles. The van der Waals surface area contributed by atoms with E-state index < -0.39 is 0 Å². The van der Waals surface area contributed by atoms with Crippen molar-refractivity contribution in [2.45, 2.75) is 6.10 Å². The number of aliphatic hydroxyl groups is 1. The van der Waals surface area contributed by atoms with Gasteiger partial charge in [0.1, 0.15) is 5.82 Å². The van der Waals surface area contributed by atoms with Gasteiger partial charge in [0.15, 0.2) is 0 Å². The maximum absolute atomic E-state index is 11.5. The molecule has 0 atom stereocenters. The van der Waals surface area contributed by atoms with Crippen molar-refractivity contribution in [1.29, 1.82) is 0 Å². The molecule has 0 spiro atoms. The Bertz CT molecular complexity index is 376. The van der Waals surface area contributed by atoms with Crippen molar-refractivity contribution in [3.63, 3.8) is 0 Å². The largest absolute Gasteiger partial charge is 0.390 e. The molecule has 0 radical (unpaired) electrons. The fourth-order valence-corrected chi connectivity index (χ4v) is 1.74. The van der Waals surface area contributed by atoms with E-state index in [0.717, 1.165) is 4.47 Å². The van der Waals surface area contributed by atoms with E-state index in [1.165, 1.54) is 0 Å². The van der Waals surface area contributed by atoms with Crippen LogP contribution in [0.15, 0.2) is 22.8 Å². The maximum Gasteiger partial charge on any atom is 0.239 e. The number of pyridine rings is 1. The number of halogens is 1. The van der Waals surface area contributed by atoms with Gasteiger partial charge in [0.25, 0.3) is 0 Å². The number of likely N-dealkylation sites (tertiary alicyclic amines) is 1. The predicted molar refractivity (Wildman–Crippen MR) is 63.0 cm³/mol. The molecular weight excluding hydrogens is 274 g/mol. The summed E-state index contributed by atoms with van der Waals surface area (Å²) < 4.78 is 0.872. The third-order valence-corrected chi connectivity index (χ3v) is 2.77. The molecule has 1 fully saturated rings. The Balaban J connectivity index is 1.80. The van der Waals surface area contributed by atoms with Crippen LogP contribution >= 0.6 is 15.9 Å². The minimum atomic E-state index is -0.279. The van der Waals surface area contributed by atoms with Crippen LogP contribution in [0, 0.1) is 0 Å². The van der Waals surface area contributed by atoms with Gasteiger partial charge in [-0.25, -0.2) is 4.98 Å². The molecule has 0 aromatic carbocycles. The molecule has 1 saturated heterocycles. The Morgan fingerprint density at radius 3 is 2.94 bits per heavy atom. The van der Waals surface area contributed by atoms with Gasteiger partial charge in [-0.3, -0.25) is 9.69 Å². The summed E-state index contributed by atoms with van der Waals surface area (Å²) in [6.45, 7) is 1.44. The minimum Gasteiger partial charge on any atom is -0.390 e. The normalized spacial score (nSPS) is 16.9. The van der Waals surface area contributed by atoms with Gasteiger partial charge in [0.2, 0.25) is 5.91 Å². The molecular formula is C10H12BrN3O2. The molecule has 0 bridgehead atoms. The molecule has 0 unspecified atom stereocenters. The van der Waals surface area contributed by atoms with Crippen molar-refractivity contribution >= 4 is 27.7 Å². The van der Waals surface area contributed by atoms with Crippen molar-refractivity contribution in [3.05, 3.63) is 22.8 Å². The SMILES string of the molecule is O=C(CN1CC(O)C1)Nc1ccc(Br)cn1. The maximum atomic E-state index is 11.5. The van der Waals surface area contributed by atoms with Crippen LogP contribution in [0.1, 0.15) is 0 Å². The van der Waals surface area contributed by atoms with Crippen LogP contribution in [0.3, 0.4) is 0 Å². The number of hydrogen-bond acceptors (Lipinski definition) is 4. The van der Waals surface area contributed by atoms with E-state index in [4.69, 9.17) is 5.11 Å². The summed E-state index contributed by atoms with van der Waals surface area (Å²) >= 11 is 3.27. The molecule has 1 aromatic heterocycles. The monoisotopic (exact) mass is 285 g/mol. The lowest BCUT2D eigenvalue weighted by molar-refractivity contribution is -0.119. The first-order valence-electron chi connectivity index (χ1n) is 4.95. The van der Waals surface area contributed by atoms with Gasteiger partial charge in [0, 0.05) is 23.8 Å². The van der Waals surface area contributed by atoms with E-state index in [9.17, 15) is 4.79 Å². The first kappa shape index (κ1) is 11.5. The summed E-state index contributed by atoms with van der Waals surface area (Å²) in [6.07, 6.45) is 1.35. The number of rotatable bonds is 3. The van der Waals surface area contributed by atoms with Gasteiger partial charge < -0.3 is 10.4 Å². The third-order valence-electron chi connectivity index (χ3n) is 2.30. The van der Waals surface area contributed by atoms with Crippen molar-refractivity contribution in [2.75, 3.05) is 25.0 Å². The number of β-amino-alcohol motifs (C(OH)–C–C–N with tert-alkyl or cyclic N) is 1. The van der Waals surface area contributed by atoms with Crippen LogP contribution in [0.5, 0.6) is 0 Å². The summed E-state index contributed by atoms with van der Waals surface area (Å²) in [5, 5.41) is 11.7.